The number of rotatable bonds is 13. The number of hydrogen-bond acceptors (Lipinski definition) is 6. The van der Waals surface area contributed by atoms with Crippen LogP contribution >= 0.6 is 11.3 Å². The maximum atomic E-state index is 13.3. The van der Waals surface area contributed by atoms with Gasteiger partial charge in [-0.15, -0.1) is 11.3 Å². The first-order chi connectivity index (χ1) is 20.2. The van der Waals surface area contributed by atoms with Gasteiger partial charge in [-0.2, -0.15) is 0 Å². The summed E-state index contributed by atoms with van der Waals surface area (Å²) in [6, 6.07) is 26.8. The lowest BCUT2D eigenvalue weighted by Gasteiger charge is -2.12. The summed E-state index contributed by atoms with van der Waals surface area (Å²) in [6.07, 6.45) is 1.32. The van der Waals surface area contributed by atoms with Crippen LogP contribution in [0, 0.1) is 12.8 Å². The van der Waals surface area contributed by atoms with Crippen LogP contribution in [0.15, 0.2) is 83.1 Å². The number of hydrogen-bond donors (Lipinski definition) is 2. The Balaban J connectivity index is 1.53. The molecule has 0 fully saturated rings. The smallest absolute Gasteiger partial charge is 0.421 e. The minimum Gasteiger partial charge on any atom is -0.449 e. The number of sulfonamides is 1. The Hall–Kier alpha value is -3.46. The lowest BCUT2D eigenvalue weighted by atomic mass is 9.98. The van der Waals surface area contributed by atoms with E-state index in [0.29, 0.717) is 31.0 Å². The molecule has 0 unspecified atom stereocenters. The largest absolute Gasteiger partial charge is 0.449 e. The lowest BCUT2D eigenvalue weighted by Crippen LogP contribution is -2.31. The Morgan fingerprint density at radius 2 is 1.67 bits per heavy atom. The predicted octanol–water partition coefficient (Wildman–Crippen LogP) is 8.09. The highest BCUT2D eigenvalue weighted by molar-refractivity contribution is 7.92. The van der Waals surface area contributed by atoms with Crippen LogP contribution in [-0.4, -0.2) is 21.1 Å². The Morgan fingerprint density at radius 3 is 2.40 bits per heavy atom. The molecule has 8 heteroatoms. The molecule has 1 heterocycles. The van der Waals surface area contributed by atoms with Crippen LogP contribution in [0.5, 0.6) is 0 Å². The van der Waals surface area contributed by atoms with E-state index in [1.807, 2.05) is 37.3 Å². The average molecular weight is 605 g/mol. The van der Waals surface area contributed by atoms with Crippen molar-refractivity contribution in [2.45, 2.75) is 64.3 Å². The fraction of sp³-hybridized carbons (Fsp3) is 0.324. The van der Waals surface area contributed by atoms with E-state index in [-0.39, 0.29) is 10.8 Å². The summed E-state index contributed by atoms with van der Waals surface area (Å²) < 4.78 is 34.0. The summed E-state index contributed by atoms with van der Waals surface area (Å²) in [5, 5.41) is 3.56. The summed E-state index contributed by atoms with van der Waals surface area (Å²) >= 11 is 1.21. The summed E-state index contributed by atoms with van der Waals surface area (Å²) in [5.74, 6) is 0.359. The van der Waals surface area contributed by atoms with Crippen molar-refractivity contribution < 1.29 is 17.9 Å². The molecule has 222 valence electrons. The van der Waals surface area contributed by atoms with E-state index in [1.54, 1.807) is 0 Å². The molecule has 1 amide bonds. The van der Waals surface area contributed by atoms with Gasteiger partial charge in [0.2, 0.25) is 0 Å². The number of unbranched alkanes of at least 4 members (excludes halogenated alkanes) is 1. The van der Waals surface area contributed by atoms with Gasteiger partial charge in [0.05, 0.1) is 6.61 Å². The lowest BCUT2D eigenvalue weighted by molar-refractivity contribution is 0.151. The normalized spacial score (nSPS) is 11.5. The summed E-state index contributed by atoms with van der Waals surface area (Å²) in [6.45, 7) is 9.74. The zero-order chi connectivity index (χ0) is 30.1. The number of aryl methyl sites for hydroxylation is 1. The van der Waals surface area contributed by atoms with Crippen LogP contribution in [0.4, 0.5) is 4.79 Å². The van der Waals surface area contributed by atoms with Gasteiger partial charge in [-0.3, -0.25) is 0 Å². The van der Waals surface area contributed by atoms with Gasteiger partial charge in [0.15, 0.2) is 0 Å². The van der Waals surface area contributed by atoms with Crippen LogP contribution in [0.1, 0.15) is 55.2 Å². The highest BCUT2D eigenvalue weighted by Gasteiger charge is 2.26. The number of carbonyl (C=O) groups is 1. The second kappa shape index (κ2) is 14.6. The maximum Gasteiger partial charge on any atom is 0.421 e. The molecule has 0 atom stereocenters. The quantitative estimate of drug-likeness (QED) is 0.151. The molecule has 42 heavy (non-hydrogen) atoms. The molecule has 0 aliphatic rings. The molecule has 0 radical (unpaired) electrons. The fourth-order valence-corrected chi connectivity index (χ4v) is 7.54. The number of benzene rings is 3. The maximum absolute atomic E-state index is 13.3. The molecule has 4 aromatic rings. The molecule has 0 saturated heterocycles. The molecular formula is C34H40N2O4S2. The van der Waals surface area contributed by atoms with Crippen LogP contribution in [0.3, 0.4) is 0 Å². The second-order valence-corrected chi connectivity index (χ2v) is 13.9. The minimum atomic E-state index is -4.11. The third-order valence-corrected chi connectivity index (χ3v) is 9.82. The van der Waals surface area contributed by atoms with Crippen molar-refractivity contribution in [1.82, 2.24) is 10.0 Å². The van der Waals surface area contributed by atoms with Crippen LogP contribution < -0.4 is 10.0 Å². The van der Waals surface area contributed by atoms with Gasteiger partial charge in [-0.1, -0.05) is 99.5 Å². The van der Waals surface area contributed by atoms with E-state index in [1.165, 1.54) is 33.6 Å². The first-order valence-electron chi connectivity index (χ1n) is 14.4. The highest BCUT2D eigenvalue weighted by Crippen LogP contribution is 2.36. The van der Waals surface area contributed by atoms with Crippen molar-refractivity contribution in [3.05, 3.63) is 100 Å². The van der Waals surface area contributed by atoms with E-state index in [9.17, 15) is 13.2 Å². The first-order valence-corrected chi connectivity index (χ1v) is 16.7. The van der Waals surface area contributed by atoms with Gasteiger partial charge in [0, 0.05) is 23.5 Å². The third-order valence-electron chi connectivity index (χ3n) is 6.81. The fourth-order valence-electron chi connectivity index (χ4n) is 4.70. The van der Waals surface area contributed by atoms with Crippen molar-refractivity contribution in [3.63, 3.8) is 0 Å². The number of nitrogens with one attached hydrogen (secondary N) is 2. The topological polar surface area (TPSA) is 84.5 Å². The average Bonchev–Trinajstić information content (AvgIpc) is 3.38. The number of thiophene rings is 1. The summed E-state index contributed by atoms with van der Waals surface area (Å²) in [4.78, 5) is 13.2. The van der Waals surface area contributed by atoms with E-state index in [0.717, 1.165) is 28.8 Å². The zero-order valence-corrected chi connectivity index (χ0v) is 26.4. The molecular weight excluding hydrogens is 565 g/mol. The standard InChI is InChI=1S/C34H40N2O4S2/c1-5-6-18-40-34(37)36-42(38,39)33-32(21-30(41-33)19-24(2)3)28-12-9-10-26(20-28)22-35-23-29-11-7-8-13-31(29)27-16-14-25(4)15-17-27/h7-17,20-21,24,35H,5-6,18-19,22-23H2,1-4H3,(H,36,37). The zero-order valence-electron chi connectivity index (χ0n) is 24.8. The van der Waals surface area contributed by atoms with Crippen molar-refractivity contribution >= 4 is 27.5 Å². The molecule has 6 nitrogen and oxygen atoms in total. The van der Waals surface area contributed by atoms with Gasteiger partial charge in [0.25, 0.3) is 10.0 Å². The van der Waals surface area contributed by atoms with Gasteiger partial charge in [-0.25, -0.2) is 17.9 Å². The Labute approximate surface area is 254 Å². The van der Waals surface area contributed by atoms with Crippen molar-refractivity contribution in [1.29, 1.82) is 0 Å². The highest BCUT2D eigenvalue weighted by atomic mass is 32.2. The van der Waals surface area contributed by atoms with E-state index in [4.69, 9.17) is 4.74 Å². The van der Waals surface area contributed by atoms with Crippen molar-refractivity contribution in [2.75, 3.05) is 6.61 Å². The van der Waals surface area contributed by atoms with E-state index < -0.39 is 16.1 Å². The molecule has 4 rings (SSSR count). The monoisotopic (exact) mass is 604 g/mol. The van der Waals surface area contributed by atoms with E-state index in [2.05, 4.69) is 79.3 Å². The third kappa shape index (κ3) is 8.53. The van der Waals surface area contributed by atoms with Gasteiger partial charge >= 0.3 is 6.09 Å². The number of ether oxygens (including phenoxy) is 1. The molecule has 2 N–H and O–H groups in total. The summed E-state index contributed by atoms with van der Waals surface area (Å²) in [5.41, 5.74) is 7.24. The molecule has 0 aliphatic heterocycles. The van der Waals surface area contributed by atoms with E-state index >= 15 is 0 Å². The second-order valence-electron chi connectivity index (χ2n) is 10.9. The van der Waals surface area contributed by atoms with Gasteiger partial charge in [0.1, 0.15) is 4.21 Å². The van der Waals surface area contributed by atoms with Gasteiger partial charge < -0.3 is 10.1 Å². The number of amides is 1. The molecule has 0 bridgehead atoms. The van der Waals surface area contributed by atoms with Crippen LogP contribution in [0.25, 0.3) is 22.3 Å². The molecule has 1 aromatic heterocycles. The minimum absolute atomic E-state index is 0.128. The SMILES string of the molecule is CCCCOC(=O)NS(=O)(=O)c1sc(CC(C)C)cc1-c1cccc(CNCc2ccccc2-c2ccc(C)cc2)c1. The molecule has 3 aromatic carbocycles. The van der Waals surface area contributed by atoms with Gasteiger partial charge in [-0.05, 0) is 65.6 Å². The molecule has 0 spiro atoms. The molecule has 0 aliphatic carbocycles. The van der Waals surface area contributed by atoms with Crippen LogP contribution in [-0.2, 0) is 34.3 Å². The Kier molecular flexibility index (Phi) is 11.0. The predicted molar refractivity (Wildman–Crippen MR) is 172 cm³/mol. The Bertz CT molecular complexity index is 1590. The molecule has 0 saturated carbocycles. The number of carbonyl (C=O) groups excluding carboxylic acids is 1. The van der Waals surface area contributed by atoms with Crippen molar-refractivity contribution in [2.24, 2.45) is 5.92 Å². The van der Waals surface area contributed by atoms with Crippen molar-refractivity contribution in [3.8, 4) is 22.3 Å². The first kappa shape index (κ1) is 31.5. The Morgan fingerprint density at radius 1 is 0.905 bits per heavy atom. The van der Waals surface area contributed by atoms with Crippen LogP contribution in [0.2, 0.25) is 0 Å². The summed E-state index contributed by atoms with van der Waals surface area (Å²) in [7, 11) is -4.11.